The molecule has 1 amide bonds. The minimum atomic E-state index is -0.144. The average molecular weight is 382 g/mol. The van der Waals surface area contributed by atoms with Crippen LogP contribution in [0.3, 0.4) is 0 Å². The summed E-state index contributed by atoms with van der Waals surface area (Å²) in [7, 11) is 1.58. The Kier molecular flexibility index (Phi) is 6.28. The molecule has 2 N–H and O–H groups in total. The molecule has 0 aliphatic rings. The number of nitrogens with one attached hydrogen (secondary N) is 2. The maximum atomic E-state index is 12.4. The number of methoxy groups -OCH3 is 1. The minimum Gasteiger partial charge on any atom is -0.495 e. The summed E-state index contributed by atoms with van der Waals surface area (Å²) >= 11 is 6.05. The second kappa shape index (κ2) is 9.05. The quantitative estimate of drug-likeness (QED) is 0.634. The molecule has 0 spiro atoms. The Morgan fingerprint density at radius 2 is 1.93 bits per heavy atom. The Balaban J connectivity index is 1.64. The molecule has 0 atom stereocenters. The number of halogens is 1. The molecule has 0 saturated heterocycles. The van der Waals surface area contributed by atoms with E-state index in [0.717, 1.165) is 6.42 Å². The summed E-state index contributed by atoms with van der Waals surface area (Å²) in [6.45, 7) is 0.566. The third-order valence-electron chi connectivity index (χ3n) is 3.99. The van der Waals surface area contributed by atoms with Gasteiger partial charge in [0.1, 0.15) is 11.6 Å². The Hall–Kier alpha value is -3.05. The van der Waals surface area contributed by atoms with Crippen molar-refractivity contribution < 1.29 is 9.53 Å². The molecule has 0 aliphatic heterocycles. The highest BCUT2D eigenvalue weighted by atomic mass is 35.5. The molecule has 1 heterocycles. The fraction of sp³-hybridized carbons (Fsp3) is 0.143. The molecule has 0 unspecified atom stereocenters. The molecular weight excluding hydrogens is 362 g/mol. The predicted octanol–water partition coefficient (Wildman–Crippen LogP) is 4.46. The fourth-order valence-corrected chi connectivity index (χ4v) is 2.80. The minimum absolute atomic E-state index is 0.144. The Bertz CT molecular complexity index is 916. The van der Waals surface area contributed by atoms with Gasteiger partial charge in [-0.05, 0) is 42.3 Å². The van der Waals surface area contributed by atoms with Crippen LogP contribution in [-0.2, 0) is 6.42 Å². The van der Waals surface area contributed by atoms with Crippen molar-refractivity contribution in [2.24, 2.45) is 0 Å². The summed E-state index contributed by atoms with van der Waals surface area (Å²) in [5.41, 5.74) is 2.39. The highest BCUT2D eigenvalue weighted by Crippen LogP contribution is 2.30. The van der Waals surface area contributed by atoms with Crippen molar-refractivity contribution in [1.29, 1.82) is 0 Å². The number of hydrogen-bond acceptors (Lipinski definition) is 4. The summed E-state index contributed by atoms with van der Waals surface area (Å²) in [6.07, 6.45) is 2.37. The zero-order chi connectivity index (χ0) is 19.1. The Morgan fingerprint density at radius 1 is 1.11 bits per heavy atom. The van der Waals surface area contributed by atoms with Crippen molar-refractivity contribution in [2.45, 2.75) is 6.42 Å². The highest BCUT2D eigenvalue weighted by molar-refractivity contribution is 6.31. The van der Waals surface area contributed by atoms with E-state index >= 15 is 0 Å². The van der Waals surface area contributed by atoms with Crippen LogP contribution in [0, 0.1) is 0 Å². The number of aromatic nitrogens is 1. The number of rotatable bonds is 7. The van der Waals surface area contributed by atoms with E-state index in [1.54, 1.807) is 43.6 Å². The molecule has 1 aromatic heterocycles. The van der Waals surface area contributed by atoms with Crippen LogP contribution >= 0.6 is 11.6 Å². The number of nitrogens with zero attached hydrogens (tertiary/aromatic N) is 1. The monoisotopic (exact) mass is 381 g/mol. The van der Waals surface area contributed by atoms with Crippen molar-refractivity contribution in [1.82, 2.24) is 10.3 Å². The first kappa shape index (κ1) is 18.7. The maximum Gasteiger partial charge on any atom is 0.251 e. The standard InChI is InChI=1S/C21H20ClN3O2/c1-27-19-8-7-17(22)14-18(19)25-20-13-16(10-12-23-20)21(26)24-11-9-15-5-3-2-4-6-15/h2-8,10,12-14H,9,11H2,1H3,(H,23,25)(H,24,26). The summed E-state index contributed by atoms with van der Waals surface area (Å²) in [6, 6.07) is 18.7. The zero-order valence-electron chi connectivity index (χ0n) is 14.9. The number of pyridine rings is 1. The van der Waals surface area contributed by atoms with Gasteiger partial charge in [-0.15, -0.1) is 0 Å². The molecule has 138 valence electrons. The molecule has 3 aromatic rings. The van der Waals surface area contributed by atoms with E-state index in [4.69, 9.17) is 16.3 Å². The molecule has 0 radical (unpaired) electrons. The van der Waals surface area contributed by atoms with Gasteiger partial charge in [0, 0.05) is 23.3 Å². The van der Waals surface area contributed by atoms with Gasteiger partial charge in [-0.3, -0.25) is 4.79 Å². The topological polar surface area (TPSA) is 63.2 Å². The van der Waals surface area contributed by atoms with Crippen molar-refractivity contribution in [3.63, 3.8) is 0 Å². The smallest absolute Gasteiger partial charge is 0.251 e. The van der Waals surface area contributed by atoms with E-state index in [-0.39, 0.29) is 5.91 Å². The third-order valence-corrected chi connectivity index (χ3v) is 4.22. The van der Waals surface area contributed by atoms with E-state index in [2.05, 4.69) is 15.6 Å². The Labute approximate surface area is 163 Å². The van der Waals surface area contributed by atoms with Gasteiger partial charge in [0.2, 0.25) is 0 Å². The van der Waals surface area contributed by atoms with Crippen molar-refractivity contribution in [2.75, 3.05) is 19.0 Å². The number of benzene rings is 2. The van der Waals surface area contributed by atoms with Crippen molar-refractivity contribution in [3.05, 3.63) is 83.0 Å². The lowest BCUT2D eigenvalue weighted by Crippen LogP contribution is -2.25. The number of ether oxygens (including phenoxy) is 1. The van der Waals surface area contributed by atoms with Crippen LogP contribution in [0.5, 0.6) is 5.75 Å². The van der Waals surface area contributed by atoms with Gasteiger partial charge in [0.15, 0.2) is 0 Å². The van der Waals surface area contributed by atoms with Crippen molar-refractivity contribution in [3.8, 4) is 5.75 Å². The fourth-order valence-electron chi connectivity index (χ4n) is 2.62. The normalized spacial score (nSPS) is 10.3. The average Bonchev–Trinajstić information content (AvgIpc) is 2.69. The third kappa shape index (κ3) is 5.21. The van der Waals surface area contributed by atoms with E-state index in [9.17, 15) is 4.79 Å². The molecule has 0 fully saturated rings. The number of amides is 1. The van der Waals surface area contributed by atoms with Crippen LogP contribution in [0.4, 0.5) is 11.5 Å². The van der Waals surface area contributed by atoms with Crippen molar-refractivity contribution >= 4 is 29.0 Å². The second-order valence-electron chi connectivity index (χ2n) is 5.89. The lowest BCUT2D eigenvalue weighted by atomic mass is 10.1. The maximum absolute atomic E-state index is 12.4. The van der Waals surface area contributed by atoms with Crippen LogP contribution < -0.4 is 15.4 Å². The van der Waals surface area contributed by atoms with Gasteiger partial charge in [-0.2, -0.15) is 0 Å². The van der Waals surface area contributed by atoms with Crippen LogP contribution in [0.25, 0.3) is 0 Å². The predicted molar refractivity (Wildman–Crippen MR) is 108 cm³/mol. The number of carbonyl (C=O) groups is 1. The van der Waals surface area contributed by atoms with E-state index < -0.39 is 0 Å². The number of hydrogen-bond donors (Lipinski definition) is 2. The van der Waals surface area contributed by atoms with Gasteiger partial charge in [-0.25, -0.2) is 4.98 Å². The molecule has 27 heavy (non-hydrogen) atoms. The molecule has 2 aromatic carbocycles. The van der Waals surface area contributed by atoms with Gasteiger partial charge in [-0.1, -0.05) is 41.9 Å². The molecule has 6 heteroatoms. The SMILES string of the molecule is COc1ccc(Cl)cc1Nc1cc(C(=O)NCCc2ccccc2)ccn1. The molecule has 0 saturated carbocycles. The van der Waals surface area contributed by atoms with Crippen LogP contribution in [0.1, 0.15) is 15.9 Å². The lowest BCUT2D eigenvalue weighted by molar-refractivity contribution is 0.0954. The zero-order valence-corrected chi connectivity index (χ0v) is 15.7. The first-order chi connectivity index (χ1) is 13.2. The van der Waals surface area contributed by atoms with Crippen LogP contribution in [-0.4, -0.2) is 24.5 Å². The first-order valence-electron chi connectivity index (χ1n) is 8.54. The number of carbonyl (C=O) groups excluding carboxylic acids is 1. The van der Waals surface area contributed by atoms with E-state index in [0.29, 0.717) is 34.4 Å². The van der Waals surface area contributed by atoms with Gasteiger partial charge in [0.25, 0.3) is 5.91 Å². The van der Waals surface area contributed by atoms with Gasteiger partial charge < -0.3 is 15.4 Å². The highest BCUT2D eigenvalue weighted by Gasteiger charge is 2.09. The van der Waals surface area contributed by atoms with Crippen LogP contribution in [0.15, 0.2) is 66.9 Å². The lowest BCUT2D eigenvalue weighted by Gasteiger charge is -2.12. The molecular formula is C21H20ClN3O2. The summed E-state index contributed by atoms with van der Waals surface area (Å²) in [5.74, 6) is 1.03. The summed E-state index contributed by atoms with van der Waals surface area (Å²) in [5, 5.41) is 6.65. The van der Waals surface area contributed by atoms with E-state index in [1.165, 1.54) is 5.56 Å². The molecule has 5 nitrogen and oxygen atoms in total. The molecule has 0 aliphatic carbocycles. The van der Waals surface area contributed by atoms with Gasteiger partial charge in [0.05, 0.1) is 12.8 Å². The second-order valence-corrected chi connectivity index (χ2v) is 6.33. The number of anilines is 2. The summed E-state index contributed by atoms with van der Waals surface area (Å²) in [4.78, 5) is 16.7. The molecule has 0 bridgehead atoms. The van der Waals surface area contributed by atoms with Crippen LogP contribution in [0.2, 0.25) is 5.02 Å². The van der Waals surface area contributed by atoms with Gasteiger partial charge >= 0.3 is 0 Å². The first-order valence-corrected chi connectivity index (χ1v) is 8.92. The molecule has 3 rings (SSSR count). The Morgan fingerprint density at radius 3 is 2.70 bits per heavy atom. The summed E-state index contributed by atoms with van der Waals surface area (Å²) < 4.78 is 5.32. The van der Waals surface area contributed by atoms with E-state index in [1.807, 2.05) is 30.3 Å². The largest absolute Gasteiger partial charge is 0.495 e.